The van der Waals surface area contributed by atoms with Gasteiger partial charge in [-0.05, 0) is 25.3 Å². The van der Waals surface area contributed by atoms with Crippen LogP contribution in [0.2, 0.25) is 0 Å². The third kappa shape index (κ3) is 9.50. The second kappa shape index (κ2) is 8.60. The molecule has 0 bridgehead atoms. The SMILES string of the molecule is CCOCCOC=CCC(C)C. The van der Waals surface area contributed by atoms with Crippen LogP contribution in [0.5, 0.6) is 0 Å². The molecule has 0 aliphatic rings. The van der Waals surface area contributed by atoms with Gasteiger partial charge in [-0.2, -0.15) is 0 Å². The largest absolute Gasteiger partial charge is 0.499 e. The molecule has 0 spiro atoms. The fourth-order valence-corrected chi connectivity index (χ4v) is 0.715. The zero-order valence-electron chi connectivity index (χ0n) is 8.38. The van der Waals surface area contributed by atoms with Gasteiger partial charge < -0.3 is 9.47 Å². The first-order chi connectivity index (χ1) is 5.77. The minimum Gasteiger partial charge on any atom is -0.499 e. The molecule has 72 valence electrons. The Hall–Kier alpha value is -0.500. The van der Waals surface area contributed by atoms with E-state index in [1.54, 1.807) is 6.26 Å². The maximum absolute atomic E-state index is 5.18. The summed E-state index contributed by atoms with van der Waals surface area (Å²) in [5, 5.41) is 0. The number of rotatable bonds is 7. The summed E-state index contributed by atoms with van der Waals surface area (Å²) in [7, 11) is 0. The Morgan fingerprint density at radius 2 is 2.00 bits per heavy atom. The van der Waals surface area contributed by atoms with E-state index in [1.165, 1.54) is 0 Å². The zero-order valence-corrected chi connectivity index (χ0v) is 8.38. The van der Waals surface area contributed by atoms with E-state index < -0.39 is 0 Å². The standard InChI is InChI=1S/C10H20O2/c1-4-11-8-9-12-7-5-6-10(2)3/h5,7,10H,4,6,8-9H2,1-3H3. The van der Waals surface area contributed by atoms with Crippen LogP contribution in [0.3, 0.4) is 0 Å². The maximum atomic E-state index is 5.18. The van der Waals surface area contributed by atoms with Crippen LogP contribution in [0.1, 0.15) is 27.2 Å². The van der Waals surface area contributed by atoms with Crippen LogP contribution in [0.4, 0.5) is 0 Å². The Labute approximate surface area is 75.6 Å². The molecule has 0 atom stereocenters. The van der Waals surface area contributed by atoms with Gasteiger partial charge in [-0.15, -0.1) is 0 Å². The van der Waals surface area contributed by atoms with Gasteiger partial charge in [-0.1, -0.05) is 13.8 Å². The van der Waals surface area contributed by atoms with Gasteiger partial charge in [0.05, 0.1) is 12.9 Å². The van der Waals surface area contributed by atoms with Gasteiger partial charge in [-0.3, -0.25) is 0 Å². The lowest BCUT2D eigenvalue weighted by Crippen LogP contribution is -2.00. The highest BCUT2D eigenvalue weighted by molar-refractivity contribution is 4.74. The molecule has 0 aromatic heterocycles. The molecule has 0 unspecified atom stereocenters. The van der Waals surface area contributed by atoms with Crippen molar-refractivity contribution in [3.63, 3.8) is 0 Å². The van der Waals surface area contributed by atoms with Crippen LogP contribution in [-0.4, -0.2) is 19.8 Å². The van der Waals surface area contributed by atoms with Crippen molar-refractivity contribution in [3.8, 4) is 0 Å². The van der Waals surface area contributed by atoms with Crippen molar-refractivity contribution in [3.05, 3.63) is 12.3 Å². The molecule has 0 amide bonds. The molecule has 0 fully saturated rings. The van der Waals surface area contributed by atoms with Crippen LogP contribution in [-0.2, 0) is 9.47 Å². The number of allylic oxidation sites excluding steroid dienone is 1. The molecule has 2 heteroatoms. The van der Waals surface area contributed by atoms with Crippen molar-refractivity contribution in [2.45, 2.75) is 27.2 Å². The first-order valence-electron chi connectivity index (χ1n) is 4.61. The van der Waals surface area contributed by atoms with Gasteiger partial charge in [0.25, 0.3) is 0 Å². The van der Waals surface area contributed by atoms with Gasteiger partial charge in [0.2, 0.25) is 0 Å². The molecule has 0 aliphatic heterocycles. The van der Waals surface area contributed by atoms with Crippen LogP contribution in [0, 0.1) is 5.92 Å². The smallest absolute Gasteiger partial charge is 0.111 e. The summed E-state index contributed by atoms with van der Waals surface area (Å²) in [5.74, 6) is 0.705. The number of ether oxygens (including phenoxy) is 2. The molecular formula is C10H20O2. The Balaban J connectivity index is 3.03. The first kappa shape index (κ1) is 11.5. The summed E-state index contributed by atoms with van der Waals surface area (Å²) in [6, 6.07) is 0. The second-order valence-corrected chi connectivity index (χ2v) is 3.07. The van der Waals surface area contributed by atoms with E-state index in [2.05, 4.69) is 19.9 Å². The summed E-state index contributed by atoms with van der Waals surface area (Å²) in [6.07, 6.45) is 4.89. The lowest BCUT2D eigenvalue weighted by molar-refractivity contribution is 0.0930. The number of hydrogen-bond donors (Lipinski definition) is 0. The lowest BCUT2D eigenvalue weighted by atomic mass is 10.1. The Kier molecular flexibility index (Phi) is 8.24. The van der Waals surface area contributed by atoms with E-state index in [1.807, 2.05) is 6.92 Å². The van der Waals surface area contributed by atoms with Crippen molar-refractivity contribution in [2.75, 3.05) is 19.8 Å². The molecule has 0 aliphatic carbocycles. The van der Waals surface area contributed by atoms with Crippen molar-refractivity contribution in [1.82, 2.24) is 0 Å². The van der Waals surface area contributed by atoms with Crippen LogP contribution >= 0.6 is 0 Å². The molecule has 0 saturated carbocycles. The molecule has 0 aromatic carbocycles. The highest BCUT2D eigenvalue weighted by Gasteiger charge is 1.87. The monoisotopic (exact) mass is 172 g/mol. The minimum atomic E-state index is 0.655. The zero-order chi connectivity index (χ0) is 9.23. The molecule has 0 radical (unpaired) electrons. The normalized spacial score (nSPS) is 11.3. The highest BCUT2D eigenvalue weighted by Crippen LogP contribution is 1.99. The summed E-state index contributed by atoms with van der Waals surface area (Å²) >= 11 is 0. The van der Waals surface area contributed by atoms with E-state index in [-0.39, 0.29) is 0 Å². The van der Waals surface area contributed by atoms with Crippen molar-refractivity contribution in [2.24, 2.45) is 5.92 Å². The van der Waals surface area contributed by atoms with E-state index in [0.717, 1.165) is 13.0 Å². The van der Waals surface area contributed by atoms with Crippen LogP contribution in [0.15, 0.2) is 12.3 Å². The fourth-order valence-electron chi connectivity index (χ4n) is 0.715. The molecule has 0 N–H and O–H groups in total. The first-order valence-corrected chi connectivity index (χ1v) is 4.61. The molecule has 0 aromatic rings. The second-order valence-electron chi connectivity index (χ2n) is 3.07. The summed E-state index contributed by atoms with van der Waals surface area (Å²) < 4.78 is 10.3. The van der Waals surface area contributed by atoms with E-state index in [4.69, 9.17) is 9.47 Å². The third-order valence-electron chi connectivity index (χ3n) is 1.35. The lowest BCUT2D eigenvalue weighted by Gasteiger charge is -2.01. The van der Waals surface area contributed by atoms with Crippen molar-refractivity contribution < 1.29 is 9.47 Å². The van der Waals surface area contributed by atoms with Crippen LogP contribution in [0.25, 0.3) is 0 Å². The van der Waals surface area contributed by atoms with Gasteiger partial charge in [0.1, 0.15) is 6.61 Å². The average Bonchev–Trinajstić information content (AvgIpc) is 2.02. The fraction of sp³-hybridized carbons (Fsp3) is 0.800. The molecule has 0 heterocycles. The van der Waals surface area contributed by atoms with E-state index in [9.17, 15) is 0 Å². The van der Waals surface area contributed by atoms with Gasteiger partial charge in [0.15, 0.2) is 0 Å². The summed E-state index contributed by atoms with van der Waals surface area (Å²) in [6.45, 7) is 8.45. The van der Waals surface area contributed by atoms with Crippen molar-refractivity contribution in [1.29, 1.82) is 0 Å². The molecular weight excluding hydrogens is 152 g/mol. The predicted molar refractivity (Wildman–Crippen MR) is 51.0 cm³/mol. The summed E-state index contributed by atoms with van der Waals surface area (Å²) in [4.78, 5) is 0. The Morgan fingerprint density at radius 3 is 2.58 bits per heavy atom. The maximum Gasteiger partial charge on any atom is 0.111 e. The Bertz CT molecular complexity index is 108. The van der Waals surface area contributed by atoms with Gasteiger partial charge in [0, 0.05) is 6.61 Å². The molecule has 0 saturated heterocycles. The molecule has 0 rings (SSSR count). The topological polar surface area (TPSA) is 18.5 Å². The van der Waals surface area contributed by atoms with Gasteiger partial charge >= 0.3 is 0 Å². The highest BCUT2D eigenvalue weighted by atomic mass is 16.5. The molecule has 12 heavy (non-hydrogen) atoms. The quantitative estimate of drug-likeness (QED) is 0.434. The average molecular weight is 172 g/mol. The Morgan fingerprint density at radius 1 is 1.25 bits per heavy atom. The van der Waals surface area contributed by atoms with Gasteiger partial charge in [-0.25, -0.2) is 0 Å². The summed E-state index contributed by atoms with van der Waals surface area (Å²) in [5.41, 5.74) is 0. The minimum absolute atomic E-state index is 0.655. The number of hydrogen-bond acceptors (Lipinski definition) is 2. The van der Waals surface area contributed by atoms with E-state index in [0.29, 0.717) is 19.1 Å². The predicted octanol–water partition coefficient (Wildman–Crippen LogP) is 2.60. The van der Waals surface area contributed by atoms with Crippen molar-refractivity contribution >= 4 is 0 Å². The van der Waals surface area contributed by atoms with E-state index >= 15 is 0 Å². The van der Waals surface area contributed by atoms with Crippen LogP contribution < -0.4 is 0 Å². The third-order valence-corrected chi connectivity index (χ3v) is 1.35. The molecule has 2 nitrogen and oxygen atoms in total.